The second kappa shape index (κ2) is 8.60. The van der Waals surface area contributed by atoms with Gasteiger partial charge in [-0.1, -0.05) is 23.2 Å². The molecule has 166 valence electrons. The summed E-state index contributed by atoms with van der Waals surface area (Å²) in [7, 11) is 0. The van der Waals surface area contributed by atoms with Gasteiger partial charge in [-0.15, -0.1) is 0 Å². The lowest BCUT2D eigenvalue weighted by Gasteiger charge is -2.33. The van der Waals surface area contributed by atoms with Gasteiger partial charge in [-0.2, -0.15) is 15.4 Å². The van der Waals surface area contributed by atoms with Gasteiger partial charge in [-0.3, -0.25) is 4.79 Å². The molecule has 2 aliphatic heterocycles. The maximum absolute atomic E-state index is 13.0. The summed E-state index contributed by atoms with van der Waals surface area (Å²) in [6.45, 7) is 2.62. The number of nitrogens with one attached hydrogen (secondary N) is 1. The second-order valence-corrected chi connectivity index (χ2v) is 9.20. The van der Waals surface area contributed by atoms with Gasteiger partial charge < -0.3 is 14.5 Å². The summed E-state index contributed by atoms with van der Waals surface area (Å²) in [6, 6.07) is 10.4. The molecule has 2 aliphatic rings. The largest absolute Gasteiger partial charge is 0.445 e. The summed E-state index contributed by atoms with van der Waals surface area (Å²) in [5.41, 5.74) is 2.74. The van der Waals surface area contributed by atoms with Crippen LogP contribution in [-0.4, -0.2) is 63.4 Å². The standard InChI is InChI=1S/C22H21Cl2N5O3/c23-17-5-13(6-18(24)8-17)12-32-22(31)28-4-3-15-9-29(11-16(15)10-28)21(30)14-1-2-19-20(7-14)26-27-25-19/h1-2,5-8,15-16H,3-4,9-12H2,(H,25,26,27)/t15-,16+/m1/s1. The molecule has 2 fully saturated rings. The van der Waals surface area contributed by atoms with Gasteiger partial charge in [0.25, 0.3) is 5.91 Å². The topological polar surface area (TPSA) is 91.4 Å². The minimum Gasteiger partial charge on any atom is -0.445 e. The van der Waals surface area contributed by atoms with Crippen LogP contribution in [0.4, 0.5) is 4.79 Å². The number of likely N-dealkylation sites (tertiary alicyclic amines) is 2. The first-order chi connectivity index (χ1) is 15.5. The fraction of sp³-hybridized carbons (Fsp3) is 0.364. The average molecular weight is 474 g/mol. The van der Waals surface area contributed by atoms with Gasteiger partial charge in [-0.25, -0.2) is 4.79 Å². The molecular weight excluding hydrogens is 453 g/mol. The minimum absolute atomic E-state index is 0.0174. The number of ether oxygens (including phenoxy) is 1. The number of carbonyl (C=O) groups excluding carboxylic acids is 2. The molecule has 2 aromatic carbocycles. The van der Waals surface area contributed by atoms with E-state index in [-0.39, 0.29) is 24.5 Å². The first-order valence-electron chi connectivity index (χ1n) is 10.4. The van der Waals surface area contributed by atoms with Crippen LogP contribution in [0.15, 0.2) is 36.4 Å². The number of piperidine rings is 1. The zero-order valence-corrected chi connectivity index (χ0v) is 18.6. The molecule has 10 heteroatoms. The van der Waals surface area contributed by atoms with Gasteiger partial charge in [0.1, 0.15) is 17.6 Å². The Morgan fingerprint density at radius 2 is 1.69 bits per heavy atom. The van der Waals surface area contributed by atoms with Crippen molar-refractivity contribution in [3.05, 3.63) is 57.6 Å². The van der Waals surface area contributed by atoms with E-state index in [1.54, 1.807) is 41.3 Å². The highest BCUT2D eigenvalue weighted by atomic mass is 35.5. The van der Waals surface area contributed by atoms with E-state index in [1.807, 2.05) is 4.90 Å². The Morgan fingerprint density at radius 3 is 2.50 bits per heavy atom. The van der Waals surface area contributed by atoms with Gasteiger partial charge in [0.05, 0.1) is 0 Å². The summed E-state index contributed by atoms with van der Waals surface area (Å²) in [5, 5.41) is 11.7. The summed E-state index contributed by atoms with van der Waals surface area (Å²) < 4.78 is 5.48. The molecule has 0 aliphatic carbocycles. The number of hydrogen-bond acceptors (Lipinski definition) is 5. The Balaban J connectivity index is 1.19. The van der Waals surface area contributed by atoms with E-state index in [0.717, 1.165) is 17.5 Å². The first kappa shape index (κ1) is 21.0. The van der Waals surface area contributed by atoms with Crippen molar-refractivity contribution in [3.8, 4) is 0 Å². The van der Waals surface area contributed by atoms with Crippen LogP contribution >= 0.6 is 23.2 Å². The van der Waals surface area contributed by atoms with Crippen molar-refractivity contribution in [3.63, 3.8) is 0 Å². The van der Waals surface area contributed by atoms with E-state index < -0.39 is 0 Å². The molecule has 3 aromatic rings. The van der Waals surface area contributed by atoms with E-state index in [9.17, 15) is 9.59 Å². The highest BCUT2D eigenvalue weighted by Gasteiger charge is 2.40. The molecular formula is C22H21Cl2N5O3. The third-order valence-electron chi connectivity index (χ3n) is 6.19. The zero-order chi connectivity index (χ0) is 22.2. The number of amides is 2. The number of benzene rings is 2. The molecule has 32 heavy (non-hydrogen) atoms. The van der Waals surface area contributed by atoms with Crippen molar-refractivity contribution >= 4 is 46.2 Å². The lowest BCUT2D eigenvalue weighted by Crippen LogP contribution is -2.43. The van der Waals surface area contributed by atoms with Crippen LogP contribution in [0.25, 0.3) is 11.0 Å². The van der Waals surface area contributed by atoms with Gasteiger partial charge in [0, 0.05) is 41.8 Å². The highest BCUT2D eigenvalue weighted by Crippen LogP contribution is 2.32. The lowest BCUT2D eigenvalue weighted by molar-refractivity contribution is 0.0729. The van der Waals surface area contributed by atoms with E-state index in [1.165, 1.54) is 0 Å². The molecule has 3 heterocycles. The quantitative estimate of drug-likeness (QED) is 0.620. The average Bonchev–Trinajstić information content (AvgIpc) is 3.42. The van der Waals surface area contributed by atoms with Gasteiger partial charge >= 0.3 is 6.09 Å². The molecule has 8 nitrogen and oxygen atoms in total. The SMILES string of the molecule is O=C(OCc1cc(Cl)cc(Cl)c1)N1CC[C@@H]2CN(C(=O)c3ccc4n[nH]nc4c3)C[C@@H]2C1. The lowest BCUT2D eigenvalue weighted by atomic mass is 9.89. The van der Waals surface area contributed by atoms with E-state index >= 15 is 0 Å². The van der Waals surface area contributed by atoms with E-state index in [0.29, 0.717) is 53.2 Å². The molecule has 0 radical (unpaired) electrons. The summed E-state index contributed by atoms with van der Waals surface area (Å²) in [4.78, 5) is 29.2. The third-order valence-corrected chi connectivity index (χ3v) is 6.63. The third kappa shape index (κ3) is 4.25. The number of hydrogen-bond donors (Lipinski definition) is 1. The van der Waals surface area contributed by atoms with Gasteiger partial charge in [0.2, 0.25) is 0 Å². The Morgan fingerprint density at radius 1 is 0.969 bits per heavy atom. The van der Waals surface area contributed by atoms with Crippen LogP contribution in [0, 0.1) is 11.8 Å². The van der Waals surface area contributed by atoms with Crippen molar-refractivity contribution in [1.82, 2.24) is 25.2 Å². The molecule has 2 saturated heterocycles. The van der Waals surface area contributed by atoms with Crippen LogP contribution in [0.3, 0.4) is 0 Å². The number of nitrogens with zero attached hydrogens (tertiary/aromatic N) is 4. The number of aromatic amines is 1. The zero-order valence-electron chi connectivity index (χ0n) is 17.1. The number of halogens is 2. The smallest absolute Gasteiger partial charge is 0.410 e. The highest BCUT2D eigenvalue weighted by molar-refractivity contribution is 6.34. The van der Waals surface area contributed by atoms with Crippen LogP contribution in [0.2, 0.25) is 10.0 Å². The first-order valence-corrected chi connectivity index (χ1v) is 11.2. The predicted octanol–water partition coefficient (Wildman–Crippen LogP) is 4.00. The maximum atomic E-state index is 13.0. The molecule has 0 saturated carbocycles. The number of carbonyl (C=O) groups is 2. The molecule has 1 N–H and O–H groups in total. The number of aromatic nitrogens is 3. The number of rotatable bonds is 3. The van der Waals surface area contributed by atoms with Crippen molar-refractivity contribution in [2.24, 2.45) is 11.8 Å². The van der Waals surface area contributed by atoms with E-state index in [2.05, 4.69) is 15.4 Å². The minimum atomic E-state index is -0.360. The normalized spacial score (nSPS) is 20.4. The maximum Gasteiger partial charge on any atom is 0.410 e. The van der Waals surface area contributed by atoms with Gasteiger partial charge in [0.15, 0.2) is 0 Å². The molecule has 1 aromatic heterocycles. The van der Waals surface area contributed by atoms with Crippen molar-refractivity contribution < 1.29 is 14.3 Å². The molecule has 2 amide bonds. The monoisotopic (exact) mass is 473 g/mol. The predicted molar refractivity (Wildman–Crippen MR) is 120 cm³/mol. The Labute approximate surface area is 194 Å². The summed E-state index contributed by atoms with van der Waals surface area (Å²) in [6.07, 6.45) is 0.482. The second-order valence-electron chi connectivity index (χ2n) is 8.32. The molecule has 5 rings (SSSR count). The molecule has 0 bridgehead atoms. The molecule has 2 atom stereocenters. The van der Waals surface area contributed by atoms with Crippen LogP contribution in [0.1, 0.15) is 22.3 Å². The van der Waals surface area contributed by atoms with Crippen LogP contribution < -0.4 is 0 Å². The molecule has 0 unspecified atom stereocenters. The van der Waals surface area contributed by atoms with Crippen molar-refractivity contribution in [2.75, 3.05) is 26.2 Å². The number of fused-ring (bicyclic) bond motifs is 2. The van der Waals surface area contributed by atoms with Crippen molar-refractivity contribution in [2.45, 2.75) is 13.0 Å². The van der Waals surface area contributed by atoms with Crippen LogP contribution in [0.5, 0.6) is 0 Å². The fourth-order valence-corrected chi connectivity index (χ4v) is 5.16. The Hall–Kier alpha value is -2.84. The number of H-pyrrole nitrogens is 1. The Kier molecular flexibility index (Phi) is 5.65. The summed E-state index contributed by atoms with van der Waals surface area (Å²) >= 11 is 12.0. The van der Waals surface area contributed by atoms with Crippen LogP contribution in [-0.2, 0) is 11.3 Å². The Bertz CT molecular complexity index is 1160. The van der Waals surface area contributed by atoms with E-state index in [4.69, 9.17) is 27.9 Å². The van der Waals surface area contributed by atoms with Crippen molar-refractivity contribution in [1.29, 1.82) is 0 Å². The molecule has 0 spiro atoms. The van der Waals surface area contributed by atoms with Gasteiger partial charge in [-0.05, 0) is 60.2 Å². The summed E-state index contributed by atoms with van der Waals surface area (Å²) in [5.74, 6) is 0.596. The fourth-order valence-electron chi connectivity index (χ4n) is 4.59.